The Morgan fingerprint density at radius 2 is 0.842 bits per heavy atom. The number of ether oxygens (including phenoxy) is 3. The van der Waals surface area contributed by atoms with E-state index in [4.69, 9.17) is 14.2 Å². The highest BCUT2D eigenvalue weighted by molar-refractivity contribution is 5.76. The van der Waals surface area contributed by atoms with Crippen molar-refractivity contribution in [1.82, 2.24) is 0 Å². The van der Waals surface area contributed by atoms with E-state index in [0.717, 1.165) is 77.0 Å². The van der Waals surface area contributed by atoms with Gasteiger partial charge in [-0.05, 0) is 49.9 Å². The summed E-state index contributed by atoms with van der Waals surface area (Å²) in [5.74, 6) is -0.279. The van der Waals surface area contributed by atoms with E-state index in [0.29, 0.717) is 50.4 Å². The van der Waals surface area contributed by atoms with Gasteiger partial charge in [0.25, 0.3) is 0 Å². The molecule has 0 unspecified atom stereocenters. The summed E-state index contributed by atoms with van der Waals surface area (Å²) in [6, 6.07) is 0. The summed E-state index contributed by atoms with van der Waals surface area (Å²) in [6.07, 6.45) is 13.8. The second-order valence-electron chi connectivity index (χ2n) is 11.0. The Hall–Kier alpha value is -1.59. The van der Waals surface area contributed by atoms with Crippen molar-refractivity contribution < 1.29 is 28.6 Å². The van der Waals surface area contributed by atoms with E-state index in [1.165, 1.54) is 0 Å². The van der Waals surface area contributed by atoms with Gasteiger partial charge in [0.05, 0.1) is 25.7 Å². The van der Waals surface area contributed by atoms with Crippen molar-refractivity contribution in [3.8, 4) is 0 Å². The van der Waals surface area contributed by atoms with Crippen molar-refractivity contribution in [2.24, 2.45) is 23.7 Å². The number of rotatable bonds is 25. The molecule has 0 saturated carbocycles. The molecule has 38 heavy (non-hydrogen) atoms. The molecule has 0 N–H and O–H groups in total. The van der Waals surface area contributed by atoms with Crippen LogP contribution in [0.15, 0.2) is 0 Å². The largest absolute Gasteiger partial charge is 0.465 e. The van der Waals surface area contributed by atoms with Crippen molar-refractivity contribution in [2.45, 2.75) is 144 Å². The normalized spacial score (nSPS) is 13.7. The maximum absolute atomic E-state index is 13.0. The Morgan fingerprint density at radius 1 is 0.500 bits per heavy atom. The first-order valence-corrected chi connectivity index (χ1v) is 15.8. The molecular weight excluding hydrogens is 480 g/mol. The molecule has 6 heteroatoms. The van der Waals surface area contributed by atoms with Crippen LogP contribution < -0.4 is 0 Å². The third-order valence-electron chi connectivity index (χ3n) is 7.78. The van der Waals surface area contributed by atoms with E-state index < -0.39 is 5.92 Å². The van der Waals surface area contributed by atoms with Gasteiger partial charge in [0, 0.05) is 12.8 Å². The zero-order valence-corrected chi connectivity index (χ0v) is 25.7. The van der Waals surface area contributed by atoms with Gasteiger partial charge < -0.3 is 14.2 Å². The zero-order chi connectivity index (χ0) is 28.6. The number of carbonyl (C=O) groups is 3. The summed E-state index contributed by atoms with van der Waals surface area (Å²) < 4.78 is 16.8. The molecule has 3 atom stereocenters. The van der Waals surface area contributed by atoms with E-state index in [1.807, 2.05) is 0 Å². The third-order valence-corrected chi connectivity index (χ3v) is 7.78. The molecule has 0 aromatic carbocycles. The number of unbranched alkanes of at least 4 members (excludes halogenated alkanes) is 3. The molecule has 0 fully saturated rings. The Kier molecular flexibility index (Phi) is 23.4. The maximum Gasteiger partial charge on any atom is 0.308 e. The number of hydrogen-bond acceptors (Lipinski definition) is 6. The first kappa shape index (κ1) is 36.4. The minimum atomic E-state index is -0.511. The summed E-state index contributed by atoms with van der Waals surface area (Å²) in [5.41, 5.74) is 0. The fraction of sp³-hybridized carbons (Fsp3) is 0.906. The summed E-state index contributed by atoms with van der Waals surface area (Å²) in [4.78, 5) is 37.9. The molecule has 0 aliphatic carbocycles. The van der Waals surface area contributed by atoms with Crippen LogP contribution in [0.2, 0.25) is 0 Å². The molecule has 0 saturated heterocycles. The molecular formula is C32H60O6. The van der Waals surface area contributed by atoms with Crippen molar-refractivity contribution in [2.75, 3.05) is 19.8 Å². The lowest BCUT2D eigenvalue weighted by Crippen LogP contribution is -2.24. The standard InChI is InChI=1S/C32H60O6/c1-7-13-16-26(10-4)23-36-30(33)21-19-29(32(35)38-25-28(12-6)18-15-9-3)20-22-31(34)37-24-27(11-5)17-14-8-2/h26-29H,7-25H2,1-6H3/t26-,27-,28+/m0/s1. The lowest BCUT2D eigenvalue weighted by molar-refractivity contribution is -0.152. The van der Waals surface area contributed by atoms with Gasteiger partial charge in [0.15, 0.2) is 0 Å². The molecule has 0 aromatic heterocycles. The minimum Gasteiger partial charge on any atom is -0.465 e. The molecule has 0 rings (SSSR count). The molecule has 224 valence electrons. The molecule has 6 nitrogen and oxygen atoms in total. The van der Waals surface area contributed by atoms with E-state index in [-0.39, 0.29) is 30.7 Å². The second-order valence-corrected chi connectivity index (χ2v) is 11.0. The maximum atomic E-state index is 13.0. The first-order chi connectivity index (χ1) is 18.3. The molecule has 0 radical (unpaired) electrons. The van der Waals surface area contributed by atoms with Gasteiger partial charge in [-0.15, -0.1) is 0 Å². The van der Waals surface area contributed by atoms with Crippen LogP contribution in [0.5, 0.6) is 0 Å². The van der Waals surface area contributed by atoms with Crippen molar-refractivity contribution >= 4 is 17.9 Å². The zero-order valence-electron chi connectivity index (χ0n) is 25.7. The van der Waals surface area contributed by atoms with Crippen LogP contribution >= 0.6 is 0 Å². The van der Waals surface area contributed by atoms with E-state index >= 15 is 0 Å². The summed E-state index contributed by atoms with van der Waals surface area (Å²) in [7, 11) is 0. The van der Waals surface area contributed by atoms with Gasteiger partial charge in [0.1, 0.15) is 0 Å². The highest BCUT2D eigenvalue weighted by Crippen LogP contribution is 2.21. The van der Waals surface area contributed by atoms with Crippen LogP contribution in [0, 0.1) is 23.7 Å². The number of hydrogen-bond donors (Lipinski definition) is 0. The van der Waals surface area contributed by atoms with Crippen LogP contribution in [0.3, 0.4) is 0 Å². The van der Waals surface area contributed by atoms with Crippen LogP contribution in [0.25, 0.3) is 0 Å². The van der Waals surface area contributed by atoms with Crippen molar-refractivity contribution in [1.29, 1.82) is 0 Å². The quantitative estimate of drug-likeness (QED) is 0.0854. The predicted octanol–water partition coefficient (Wildman–Crippen LogP) is 8.44. The first-order valence-electron chi connectivity index (χ1n) is 15.8. The topological polar surface area (TPSA) is 78.9 Å². The number of esters is 3. The van der Waals surface area contributed by atoms with Crippen LogP contribution in [-0.4, -0.2) is 37.7 Å². The van der Waals surface area contributed by atoms with E-state index in [9.17, 15) is 14.4 Å². The SMILES string of the molecule is CCCC[C@@H](CC)COC(=O)C(CCC(=O)OC[C@@H](CC)CCCC)CCC(=O)OC[C@@H](CC)CCCC. The molecule has 0 bridgehead atoms. The molecule has 0 amide bonds. The monoisotopic (exact) mass is 540 g/mol. The van der Waals surface area contributed by atoms with Gasteiger partial charge in [-0.2, -0.15) is 0 Å². The average molecular weight is 541 g/mol. The fourth-order valence-electron chi connectivity index (χ4n) is 4.54. The Bertz CT molecular complexity index is 569. The highest BCUT2D eigenvalue weighted by Gasteiger charge is 2.24. The van der Waals surface area contributed by atoms with Gasteiger partial charge in [0.2, 0.25) is 0 Å². The van der Waals surface area contributed by atoms with E-state index in [2.05, 4.69) is 41.5 Å². The Labute approximate surface area is 234 Å². The smallest absolute Gasteiger partial charge is 0.308 e. The third kappa shape index (κ3) is 18.6. The van der Waals surface area contributed by atoms with Crippen LogP contribution in [0.4, 0.5) is 0 Å². The Morgan fingerprint density at radius 3 is 1.16 bits per heavy atom. The van der Waals surface area contributed by atoms with Gasteiger partial charge in [-0.25, -0.2) is 0 Å². The average Bonchev–Trinajstić information content (AvgIpc) is 2.93. The van der Waals surface area contributed by atoms with Crippen LogP contribution in [0.1, 0.15) is 144 Å². The van der Waals surface area contributed by atoms with Gasteiger partial charge in [-0.3, -0.25) is 14.4 Å². The van der Waals surface area contributed by atoms with E-state index in [1.54, 1.807) is 0 Å². The van der Waals surface area contributed by atoms with Gasteiger partial charge in [-0.1, -0.05) is 99.3 Å². The lowest BCUT2D eigenvalue weighted by atomic mass is 9.97. The molecule has 0 heterocycles. The van der Waals surface area contributed by atoms with Crippen molar-refractivity contribution in [3.63, 3.8) is 0 Å². The predicted molar refractivity (Wildman–Crippen MR) is 155 cm³/mol. The lowest BCUT2D eigenvalue weighted by Gasteiger charge is -2.20. The second kappa shape index (κ2) is 24.5. The summed E-state index contributed by atoms with van der Waals surface area (Å²) in [5, 5.41) is 0. The molecule has 0 aliphatic rings. The minimum absolute atomic E-state index is 0.154. The molecule has 0 aliphatic heterocycles. The van der Waals surface area contributed by atoms with Crippen molar-refractivity contribution in [3.05, 3.63) is 0 Å². The van der Waals surface area contributed by atoms with Gasteiger partial charge >= 0.3 is 17.9 Å². The van der Waals surface area contributed by atoms with Crippen LogP contribution in [-0.2, 0) is 28.6 Å². The highest BCUT2D eigenvalue weighted by atomic mass is 16.5. The molecule has 0 aromatic rings. The fourth-order valence-corrected chi connectivity index (χ4v) is 4.54. The summed E-state index contributed by atoms with van der Waals surface area (Å²) >= 11 is 0. The Balaban J connectivity index is 4.91. The summed E-state index contributed by atoms with van der Waals surface area (Å²) in [6.45, 7) is 14.1. The molecule has 0 spiro atoms. The number of carbonyl (C=O) groups excluding carboxylic acids is 3.